The van der Waals surface area contributed by atoms with Crippen LogP contribution < -0.4 is 9.47 Å². The minimum absolute atomic E-state index is 0.0490. The molecule has 26 heavy (non-hydrogen) atoms. The van der Waals surface area contributed by atoms with Crippen molar-refractivity contribution in [1.29, 1.82) is 0 Å². The summed E-state index contributed by atoms with van der Waals surface area (Å²) in [4.78, 5) is 5.82. The number of nitrogens with zero attached hydrogens (tertiary/aromatic N) is 2. The van der Waals surface area contributed by atoms with E-state index in [-0.39, 0.29) is 11.6 Å². The van der Waals surface area contributed by atoms with Crippen LogP contribution in [0.4, 0.5) is 13.2 Å². The van der Waals surface area contributed by atoms with Gasteiger partial charge in [-0.05, 0) is 36.3 Å². The Labute approximate surface area is 150 Å². The number of hydrogen-bond donors (Lipinski definition) is 0. The third-order valence-corrected chi connectivity index (χ3v) is 3.40. The Morgan fingerprint density at radius 3 is 2.73 bits per heavy atom. The van der Waals surface area contributed by atoms with E-state index < -0.39 is 12.8 Å². The zero-order valence-electron chi connectivity index (χ0n) is 14.5. The van der Waals surface area contributed by atoms with E-state index in [9.17, 15) is 13.2 Å². The van der Waals surface area contributed by atoms with Crippen molar-refractivity contribution >= 4 is 0 Å². The predicted molar refractivity (Wildman–Crippen MR) is 93.4 cm³/mol. The van der Waals surface area contributed by atoms with Gasteiger partial charge in [-0.25, -0.2) is 4.98 Å². The lowest BCUT2D eigenvalue weighted by Crippen LogP contribution is -2.20. The van der Waals surface area contributed by atoms with Crippen molar-refractivity contribution in [2.24, 2.45) is 0 Å². The van der Waals surface area contributed by atoms with Gasteiger partial charge in [-0.15, -0.1) is 0 Å². The van der Waals surface area contributed by atoms with Crippen molar-refractivity contribution < 1.29 is 22.6 Å². The number of ether oxygens (including phenoxy) is 2. The van der Waals surface area contributed by atoms with Crippen molar-refractivity contribution in [3.8, 4) is 11.6 Å². The highest BCUT2D eigenvalue weighted by Gasteiger charge is 2.29. The number of allylic oxidation sites excluding steroid dienone is 5. The quantitative estimate of drug-likeness (QED) is 0.729. The van der Waals surface area contributed by atoms with E-state index in [0.29, 0.717) is 5.76 Å². The maximum atomic E-state index is 12.4. The van der Waals surface area contributed by atoms with Crippen molar-refractivity contribution in [2.45, 2.75) is 13.1 Å². The first-order valence-electron chi connectivity index (χ1n) is 7.69. The Morgan fingerprint density at radius 2 is 2.12 bits per heavy atom. The van der Waals surface area contributed by atoms with Crippen LogP contribution in [-0.4, -0.2) is 29.7 Å². The van der Waals surface area contributed by atoms with Gasteiger partial charge in [0.15, 0.2) is 12.4 Å². The number of aromatic nitrogens is 1. The average molecular weight is 364 g/mol. The second kappa shape index (κ2) is 7.95. The molecule has 7 heteroatoms. The fourth-order valence-electron chi connectivity index (χ4n) is 2.21. The van der Waals surface area contributed by atoms with E-state index in [1.54, 1.807) is 24.4 Å². The number of halogens is 3. The summed E-state index contributed by atoms with van der Waals surface area (Å²) in [6.45, 7) is 8.13. The molecule has 0 bridgehead atoms. The molecule has 0 aliphatic carbocycles. The Kier molecular flexibility index (Phi) is 5.92. The van der Waals surface area contributed by atoms with Crippen LogP contribution in [0.15, 0.2) is 78.5 Å². The number of pyridine rings is 1. The third-order valence-electron chi connectivity index (χ3n) is 3.40. The van der Waals surface area contributed by atoms with Gasteiger partial charge >= 0.3 is 6.18 Å². The zero-order valence-corrected chi connectivity index (χ0v) is 14.5. The Bertz CT molecular complexity index is 792. The van der Waals surface area contributed by atoms with Gasteiger partial charge in [-0.2, -0.15) is 13.2 Å². The lowest BCUT2D eigenvalue weighted by atomic mass is 10.0. The second-order valence-corrected chi connectivity index (χ2v) is 5.57. The molecule has 0 fully saturated rings. The molecule has 0 radical (unpaired) electrons. The van der Waals surface area contributed by atoms with E-state index >= 15 is 0 Å². The molecule has 1 aromatic heterocycles. The minimum atomic E-state index is -4.45. The molecule has 0 N–H and O–H groups in total. The summed E-state index contributed by atoms with van der Waals surface area (Å²) in [5.41, 5.74) is 2.44. The van der Waals surface area contributed by atoms with Gasteiger partial charge in [0, 0.05) is 25.5 Å². The van der Waals surface area contributed by atoms with E-state index in [4.69, 9.17) is 9.47 Å². The zero-order chi connectivity index (χ0) is 19.3. The molecule has 0 aromatic carbocycles. The Balaban J connectivity index is 2.30. The van der Waals surface area contributed by atoms with Crippen molar-refractivity contribution in [1.82, 2.24) is 9.88 Å². The fourth-order valence-corrected chi connectivity index (χ4v) is 2.21. The van der Waals surface area contributed by atoms with Crippen molar-refractivity contribution in [2.75, 3.05) is 13.7 Å². The molecule has 4 nitrogen and oxygen atoms in total. The van der Waals surface area contributed by atoms with E-state index in [1.807, 2.05) is 18.9 Å². The Morgan fingerprint density at radius 1 is 1.38 bits per heavy atom. The van der Waals surface area contributed by atoms with Crippen LogP contribution in [0.2, 0.25) is 0 Å². The first-order chi connectivity index (χ1) is 12.2. The summed E-state index contributed by atoms with van der Waals surface area (Å²) in [6.07, 6.45) is 3.81. The largest absolute Gasteiger partial charge is 0.478 e. The molecule has 0 amide bonds. The number of likely N-dealkylation sites (N-methyl/N-ethyl adjacent to an activating group) is 1. The van der Waals surface area contributed by atoms with Crippen LogP contribution in [0.25, 0.3) is 0 Å². The summed E-state index contributed by atoms with van der Waals surface area (Å²) < 4.78 is 47.6. The van der Waals surface area contributed by atoms with Gasteiger partial charge in [0.2, 0.25) is 0 Å². The highest BCUT2D eigenvalue weighted by atomic mass is 19.4. The molecule has 0 saturated carbocycles. The van der Waals surface area contributed by atoms with Gasteiger partial charge in [0.1, 0.15) is 5.76 Å². The Hall–Kier alpha value is -2.96. The lowest BCUT2D eigenvalue weighted by Gasteiger charge is -2.24. The summed E-state index contributed by atoms with van der Waals surface area (Å²) in [5.74, 6) is 0.258. The molecule has 0 saturated heterocycles. The van der Waals surface area contributed by atoms with Crippen molar-refractivity contribution in [3.63, 3.8) is 0 Å². The summed E-state index contributed by atoms with van der Waals surface area (Å²) in [7, 11) is 1.85. The van der Waals surface area contributed by atoms with Gasteiger partial charge in [0.05, 0.1) is 5.70 Å². The molecule has 0 spiro atoms. The maximum Gasteiger partial charge on any atom is 0.422 e. The van der Waals surface area contributed by atoms with E-state index in [2.05, 4.69) is 18.1 Å². The summed E-state index contributed by atoms with van der Waals surface area (Å²) >= 11 is 0. The van der Waals surface area contributed by atoms with Crippen LogP contribution in [0.1, 0.15) is 6.92 Å². The monoisotopic (exact) mass is 364 g/mol. The highest BCUT2D eigenvalue weighted by Crippen LogP contribution is 2.30. The second-order valence-electron chi connectivity index (χ2n) is 5.57. The number of alkyl halides is 3. The van der Waals surface area contributed by atoms with Crippen LogP contribution in [0.3, 0.4) is 0 Å². The molecule has 0 unspecified atom stereocenters. The smallest absolute Gasteiger partial charge is 0.422 e. The minimum Gasteiger partial charge on any atom is -0.478 e. The lowest BCUT2D eigenvalue weighted by molar-refractivity contribution is -0.153. The molecule has 1 aliphatic rings. The maximum absolute atomic E-state index is 12.4. The molecule has 138 valence electrons. The van der Waals surface area contributed by atoms with Gasteiger partial charge in [0.25, 0.3) is 5.88 Å². The topological polar surface area (TPSA) is 34.6 Å². The standard InChI is InChI=1S/C19H19F3N2O2/c1-5-15(13(2)3)16-11-14(8-10-24(16)4)26-18-17(7-6-9-23-18)25-12-19(20,21)22/h5-11H,1-2,12H2,3-4H3/b16-15-. The summed E-state index contributed by atoms with van der Waals surface area (Å²) in [5, 5.41) is 0. The molecular formula is C19H19F3N2O2. The normalized spacial score (nSPS) is 16.0. The molecular weight excluding hydrogens is 345 g/mol. The SMILES string of the molecule is C=C/C(C(=C)C)=C1\C=C(Oc2ncccc2OCC(F)(F)F)C=CN1C. The predicted octanol–water partition coefficient (Wildman–Crippen LogP) is 4.76. The van der Waals surface area contributed by atoms with E-state index in [1.165, 1.54) is 18.3 Å². The van der Waals surface area contributed by atoms with Crippen LogP contribution in [0.5, 0.6) is 11.6 Å². The average Bonchev–Trinajstić information content (AvgIpc) is 2.56. The van der Waals surface area contributed by atoms with Crippen molar-refractivity contribution in [3.05, 3.63) is 78.5 Å². The molecule has 1 aromatic rings. The summed E-state index contributed by atoms with van der Waals surface area (Å²) in [6, 6.07) is 2.84. The number of hydrogen-bond acceptors (Lipinski definition) is 4. The fraction of sp³-hybridized carbons (Fsp3) is 0.211. The van der Waals surface area contributed by atoms with Gasteiger partial charge in [-0.3, -0.25) is 0 Å². The highest BCUT2D eigenvalue weighted by molar-refractivity contribution is 5.48. The van der Waals surface area contributed by atoms with Crippen LogP contribution in [0, 0.1) is 0 Å². The third kappa shape index (κ3) is 5.02. The van der Waals surface area contributed by atoms with Crippen LogP contribution >= 0.6 is 0 Å². The first-order valence-corrected chi connectivity index (χ1v) is 7.69. The molecule has 1 aliphatic heterocycles. The molecule has 0 atom stereocenters. The first kappa shape index (κ1) is 19.4. The molecule has 2 rings (SSSR count). The van der Waals surface area contributed by atoms with Crippen LogP contribution in [-0.2, 0) is 0 Å². The molecule has 2 heterocycles. The number of rotatable bonds is 6. The van der Waals surface area contributed by atoms with Gasteiger partial charge < -0.3 is 14.4 Å². The van der Waals surface area contributed by atoms with Gasteiger partial charge in [-0.1, -0.05) is 19.2 Å². The van der Waals surface area contributed by atoms with E-state index in [0.717, 1.165) is 16.8 Å².